The second-order valence-corrected chi connectivity index (χ2v) is 8.74. The number of ether oxygens (including phenoxy) is 1. The first kappa shape index (κ1) is 26.0. The number of rotatable bonds is 9. The van der Waals surface area contributed by atoms with Gasteiger partial charge in [0.05, 0.1) is 24.4 Å². The Labute approximate surface area is 210 Å². The van der Waals surface area contributed by atoms with E-state index >= 15 is 0 Å². The van der Waals surface area contributed by atoms with Crippen LogP contribution in [-0.2, 0) is 17.7 Å². The zero-order valence-corrected chi connectivity index (χ0v) is 20.6. The number of nitrogens with zero attached hydrogens (tertiary/aromatic N) is 4. The van der Waals surface area contributed by atoms with Gasteiger partial charge in [0.15, 0.2) is 17.2 Å². The second kappa shape index (κ2) is 10.5. The summed E-state index contributed by atoms with van der Waals surface area (Å²) in [5.41, 5.74) is -0.172. The smallest absolute Gasteiger partial charge is 0.277 e. The molecule has 196 valence electrons. The Morgan fingerprint density at radius 3 is 2.65 bits per heavy atom. The summed E-state index contributed by atoms with van der Waals surface area (Å²) in [5.74, 6) is -3.12. The summed E-state index contributed by atoms with van der Waals surface area (Å²) in [6.45, 7) is 4.19. The van der Waals surface area contributed by atoms with Crippen molar-refractivity contribution < 1.29 is 32.7 Å². The summed E-state index contributed by atoms with van der Waals surface area (Å²) in [6, 6.07) is 3.02. The average molecular weight is 517 g/mol. The Morgan fingerprint density at radius 1 is 1.24 bits per heavy atom. The van der Waals surface area contributed by atoms with Crippen molar-refractivity contribution in [2.75, 3.05) is 31.9 Å². The van der Waals surface area contributed by atoms with Gasteiger partial charge in [-0.05, 0) is 31.9 Å². The van der Waals surface area contributed by atoms with Crippen molar-refractivity contribution in [3.05, 3.63) is 80.1 Å². The summed E-state index contributed by atoms with van der Waals surface area (Å²) >= 11 is 0. The monoisotopic (exact) mass is 516 g/mol. The second-order valence-electron chi connectivity index (χ2n) is 8.74. The molecule has 3 aromatic rings. The fourth-order valence-electron chi connectivity index (χ4n) is 4.21. The minimum atomic E-state index is -1.00. The fourth-order valence-corrected chi connectivity index (χ4v) is 4.21. The van der Waals surface area contributed by atoms with E-state index in [0.717, 1.165) is 11.6 Å². The van der Waals surface area contributed by atoms with Gasteiger partial charge in [0, 0.05) is 37.9 Å². The molecule has 0 atom stereocenters. The van der Waals surface area contributed by atoms with E-state index in [2.05, 4.69) is 5.16 Å². The number of benzene rings is 1. The highest BCUT2D eigenvalue weighted by Crippen LogP contribution is 2.24. The van der Waals surface area contributed by atoms with Crippen molar-refractivity contribution in [2.24, 2.45) is 0 Å². The number of Topliss-reactive ketones (excluding diaryl/α,β-unsaturated/α-hetero) is 1. The first-order valence-corrected chi connectivity index (χ1v) is 11.5. The summed E-state index contributed by atoms with van der Waals surface area (Å²) in [6.07, 6.45) is 0.859. The molecule has 3 heterocycles. The molecule has 0 saturated carbocycles. The molecule has 1 amide bonds. The molecule has 12 heteroatoms. The van der Waals surface area contributed by atoms with E-state index in [1.54, 1.807) is 18.9 Å². The number of carbonyl (C=O) groups excluding carboxylic acids is 2. The van der Waals surface area contributed by atoms with Crippen LogP contribution >= 0.6 is 0 Å². The lowest BCUT2D eigenvalue weighted by Gasteiger charge is -2.39. The van der Waals surface area contributed by atoms with E-state index in [1.807, 2.05) is 0 Å². The van der Waals surface area contributed by atoms with Gasteiger partial charge in [-0.25, -0.2) is 8.78 Å². The van der Waals surface area contributed by atoms with Crippen LogP contribution < -0.4 is 10.4 Å². The number of hydrogen-bond donors (Lipinski definition) is 1. The molecule has 1 aliphatic rings. The van der Waals surface area contributed by atoms with E-state index in [9.17, 15) is 28.3 Å². The van der Waals surface area contributed by atoms with Gasteiger partial charge in [-0.1, -0.05) is 11.2 Å². The zero-order valence-electron chi connectivity index (χ0n) is 20.6. The molecule has 0 saturated heterocycles. The van der Waals surface area contributed by atoms with E-state index in [-0.39, 0.29) is 56.0 Å². The third kappa shape index (κ3) is 5.10. The molecule has 1 aliphatic heterocycles. The standard InChI is InChI=1S/C25H26F2N4O6/c1-14-18(15(2)37-28-14)11-30-13-29(8-9-36-3)25(35)22-24(34)23(33)19(12-31(22)30)21(32)7-5-16-4-6-17(26)10-20(16)27/h4,6,10,12,34H,5,7-9,11,13H2,1-3H3. The van der Waals surface area contributed by atoms with Crippen molar-refractivity contribution in [1.29, 1.82) is 0 Å². The number of ketones is 1. The Morgan fingerprint density at radius 2 is 2.00 bits per heavy atom. The number of halogens is 2. The number of methoxy groups -OCH3 is 1. The third-order valence-corrected chi connectivity index (χ3v) is 6.32. The Balaban J connectivity index is 1.71. The molecule has 1 aromatic carbocycles. The minimum Gasteiger partial charge on any atom is -0.502 e. The Kier molecular flexibility index (Phi) is 7.39. The van der Waals surface area contributed by atoms with Gasteiger partial charge < -0.3 is 19.3 Å². The van der Waals surface area contributed by atoms with Crippen molar-refractivity contribution in [3.63, 3.8) is 0 Å². The van der Waals surface area contributed by atoms with Crippen LogP contribution in [0.15, 0.2) is 33.7 Å². The molecule has 4 rings (SSSR count). The molecule has 10 nitrogen and oxygen atoms in total. The number of hydrogen-bond acceptors (Lipinski definition) is 8. The van der Waals surface area contributed by atoms with E-state index < -0.39 is 34.5 Å². The van der Waals surface area contributed by atoms with Gasteiger partial charge in [0.25, 0.3) is 5.91 Å². The van der Waals surface area contributed by atoms with Crippen LogP contribution in [0.5, 0.6) is 5.75 Å². The molecule has 0 fully saturated rings. The van der Waals surface area contributed by atoms with E-state index in [4.69, 9.17) is 9.26 Å². The van der Waals surface area contributed by atoms with Gasteiger partial charge in [-0.3, -0.25) is 24.1 Å². The SMILES string of the molecule is COCCN1CN(Cc2c(C)noc2C)n2cc(C(=O)CCc3ccc(F)cc3F)c(=O)c(O)c2C1=O. The topological polar surface area (TPSA) is 118 Å². The van der Waals surface area contributed by atoms with Gasteiger partial charge >= 0.3 is 0 Å². The molecule has 37 heavy (non-hydrogen) atoms. The third-order valence-electron chi connectivity index (χ3n) is 6.32. The van der Waals surface area contributed by atoms with Crippen LogP contribution in [0.2, 0.25) is 0 Å². The lowest BCUT2D eigenvalue weighted by Crippen LogP contribution is -2.54. The zero-order chi connectivity index (χ0) is 26.9. The lowest BCUT2D eigenvalue weighted by molar-refractivity contribution is 0.0619. The first-order chi connectivity index (χ1) is 17.6. The summed E-state index contributed by atoms with van der Waals surface area (Å²) in [4.78, 5) is 40.5. The number of pyridine rings is 1. The molecule has 1 N–H and O–H groups in total. The predicted molar refractivity (Wildman–Crippen MR) is 127 cm³/mol. The highest BCUT2D eigenvalue weighted by molar-refractivity contribution is 6.00. The van der Waals surface area contributed by atoms with Crippen molar-refractivity contribution in [2.45, 2.75) is 33.2 Å². The van der Waals surface area contributed by atoms with E-state index in [0.29, 0.717) is 17.5 Å². The number of aryl methyl sites for hydroxylation is 3. The fraction of sp³-hybridized carbons (Fsp3) is 0.360. The van der Waals surface area contributed by atoms with Crippen LogP contribution in [0.1, 0.15) is 49.8 Å². The van der Waals surface area contributed by atoms with E-state index in [1.165, 1.54) is 28.9 Å². The molecule has 0 unspecified atom stereocenters. The molecule has 0 spiro atoms. The van der Waals surface area contributed by atoms with Gasteiger partial charge in [0.2, 0.25) is 5.43 Å². The number of aromatic hydroxyl groups is 1. The maximum atomic E-state index is 14.0. The lowest BCUT2D eigenvalue weighted by atomic mass is 10.0. The van der Waals surface area contributed by atoms with Crippen LogP contribution in [-0.4, -0.2) is 58.5 Å². The predicted octanol–water partition coefficient (Wildman–Crippen LogP) is 2.45. The van der Waals surface area contributed by atoms with Gasteiger partial charge in [-0.15, -0.1) is 0 Å². The quantitative estimate of drug-likeness (QED) is 0.431. The molecule has 0 aliphatic carbocycles. The molecule has 0 radical (unpaired) electrons. The summed E-state index contributed by atoms with van der Waals surface area (Å²) in [5, 5.41) is 16.4. The maximum absolute atomic E-state index is 14.0. The Bertz CT molecular complexity index is 1400. The van der Waals surface area contributed by atoms with Crippen LogP contribution in [0.4, 0.5) is 8.78 Å². The van der Waals surface area contributed by atoms with Gasteiger partial charge in [-0.2, -0.15) is 0 Å². The number of amides is 1. The molecular weight excluding hydrogens is 490 g/mol. The largest absolute Gasteiger partial charge is 0.502 e. The molecular formula is C25H26F2N4O6. The summed E-state index contributed by atoms with van der Waals surface area (Å²) in [7, 11) is 1.49. The van der Waals surface area contributed by atoms with Crippen LogP contribution in [0.3, 0.4) is 0 Å². The van der Waals surface area contributed by atoms with Crippen LogP contribution in [0.25, 0.3) is 0 Å². The number of carbonyl (C=O) groups is 2. The minimum absolute atomic E-state index is 0.0655. The van der Waals surface area contributed by atoms with Crippen molar-refractivity contribution in [1.82, 2.24) is 14.7 Å². The maximum Gasteiger partial charge on any atom is 0.277 e. The average Bonchev–Trinajstić information content (AvgIpc) is 3.17. The highest BCUT2D eigenvalue weighted by Gasteiger charge is 2.35. The summed E-state index contributed by atoms with van der Waals surface area (Å²) < 4.78 is 38.8. The number of fused-ring (bicyclic) bond motifs is 1. The Hall–Kier alpha value is -4.06. The molecule has 0 bridgehead atoms. The molecule has 2 aromatic heterocycles. The number of aromatic nitrogens is 2. The normalized spacial score (nSPS) is 13.3. The van der Waals surface area contributed by atoms with Gasteiger partial charge in [0.1, 0.15) is 24.1 Å². The highest BCUT2D eigenvalue weighted by atomic mass is 19.1. The first-order valence-electron chi connectivity index (χ1n) is 11.5. The van der Waals surface area contributed by atoms with Crippen LogP contribution in [0, 0.1) is 25.5 Å². The van der Waals surface area contributed by atoms with Crippen molar-refractivity contribution >= 4 is 11.7 Å². The van der Waals surface area contributed by atoms with Crippen molar-refractivity contribution in [3.8, 4) is 5.75 Å².